The topological polar surface area (TPSA) is 120 Å². The van der Waals surface area contributed by atoms with E-state index in [0.717, 1.165) is 57.8 Å². The Bertz CT molecular complexity index is 827. The first-order valence-electron chi connectivity index (χ1n) is 25.9. The van der Waals surface area contributed by atoms with Crippen molar-refractivity contribution in [2.45, 2.75) is 290 Å². The van der Waals surface area contributed by atoms with E-state index in [2.05, 4.69) is 57.2 Å². The van der Waals surface area contributed by atoms with Crippen molar-refractivity contribution in [3.05, 3.63) is 36.5 Å². The average Bonchev–Trinajstić information content (AvgIpc) is 3.22. The van der Waals surface area contributed by atoms with Crippen LogP contribution in [-0.4, -0.2) is 17.9 Å². The van der Waals surface area contributed by atoms with Crippen LogP contribution in [0.4, 0.5) is 0 Å². The smallest absolute Gasteiger partial charge is 0.550 e. The maximum Gasteiger partial charge on any atom is 3.00 e. The van der Waals surface area contributed by atoms with Gasteiger partial charge in [-0.2, -0.15) is 0 Å². The first-order valence-corrected chi connectivity index (χ1v) is 25.9. The molecule has 1 radical (unpaired) electrons. The van der Waals surface area contributed by atoms with E-state index in [1.54, 1.807) is 0 Å². The molecule has 0 atom stereocenters. The van der Waals surface area contributed by atoms with E-state index in [0.29, 0.717) is 0 Å². The normalized spacial score (nSPS) is 11.1. The van der Waals surface area contributed by atoms with Crippen molar-refractivity contribution in [3.63, 3.8) is 0 Å². The molecule has 359 valence electrons. The Kier molecular flexibility index (Phi) is 69.0. The molecule has 0 aliphatic heterocycles. The van der Waals surface area contributed by atoms with E-state index in [-0.39, 0.29) is 59.2 Å². The van der Waals surface area contributed by atoms with Gasteiger partial charge < -0.3 is 29.7 Å². The number of unbranched alkanes of at least 4 members (excludes halogenated alkanes) is 33. The van der Waals surface area contributed by atoms with Crippen LogP contribution < -0.4 is 15.3 Å². The summed E-state index contributed by atoms with van der Waals surface area (Å²) in [5, 5.41) is 30.6. The third-order valence-electron chi connectivity index (χ3n) is 10.9. The standard InChI is InChI=1S/3C18H34O2.Gd/c3*1-2-3-4-5-6-7-8-9-10-11-12-13-14-15-16-17-18(19)20;/h3*9-10H,2-8,11-17H2,1H3,(H,19,20);/q;;;+3/p-3. The van der Waals surface area contributed by atoms with E-state index in [9.17, 15) is 29.7 Å². The number of hydrogen-bond acceptors (Lipinski definition) is 6. The summed E-state index contributed by atoms with van der Waals surface area (Å²) in [6, 6.07) is 0. The molecular weight excluding hydrogens is 902 g/mol. The molecule has 0 aliphatic carbocycles. The number of carboxylic acid groups (broad SMARTS) is 3. The number of hydrogen-bond donors (Lipinski definition) is 0. The molecule has 0 saturated heterocycles. The van der Waals surface area contributed by atoms with Gasteiger partial charge in [0.15, 0.2) is 0 Å². The molecule has 0 N–H and O–H groups in total. The molecule has 0 rings (SSSR count). The van der Waals surface area contributed by atoms with Crippen LogP contribution in [0.2, 0.25) is 0 Å². The van der Waals surface area contributed by atoms with Crippen LogP contribution in [0.3, 0.4) is 0 Å². The molecule has 0 aromatic rings. The first kappa shape index (κ1) is 66.6. The minimum atomic E-state index is -0.914. The zero-order chi connectivity index (χ0) is 44.7. The predicted molar refractivity (Wildman–Crippen MR) is 253 cm³/mol. The summed E-state index contributed by atoms with van der Waals surface area (Å²) >= 11 is 0. The van der Waals surface area contributed by atoms with Gasteiger partial charge in [0.25, 0.3) is 0 Å². The minimum Gasteiger partial charge on any atom is -0.550 e. The molecule has 0 saturated carbocycles. The average molecular weight is 1000 g/mol. The fraction of sp³-hybridized carbons (Fsp3) is 0.833. The van der Waals surface area contributed by atoms with Crippen LogP contribution in [0, 0.1) is 39.9 Å². The van der Waals surface area contributed by atoms with Crippen molar-refractivity contribution in [2.24, 2.45) is 0 Å². The number of carbonyl (C=O) groups excluding carboxylic acids is 3. The molecule has 0 amide bonds. The number of carbonyl (C=O) groups is 3. The Morgan fingerprint density at radius 1 is 0.262 bits per heavy atom. The van der Waals surface area contributed by atoms with Gasteiger partial charge in [-0.15, -0.1) is 0 Å². The summed E-state index contributed by atoms with van der Waals surface area (Å²) in [4.78, 5) is 30.6. The second-order valence-electron chi connectivity index (χ2n) is 17.1. The number of carboxylic acids is 3. The van der Waals surface area contributed by atoms with Gasteiger partial charge in [-0.1, -0.05) is 211 Å². The Balaban J connectivity index is -0.000000396. The van der Waals surface area contributed by atoms with Crippen LogP contribution >= 0.6 is 0 Å². The van der Waals surface area contributed by atoms with Gasteiger partial charge in [0.2, 0.25) is 0 Å². The van der Waals surface area contributed by atoms with Gasteiger partial charge in [0.05, 0.1) is 0 Å². The van der Waals surface area contributed by atoms with Gasteiger partial charge >= 0.3 is 39.9 Å². The van der Waals surface area contributed by atoms with Gasteiger partial charge in [-0.25, -0.2) is 0 Å². The monoisotopic (exact) mass is 1000 g/mol. The fourth-order valence-electron chi connectivity index (χ4n) is 7.02. The molecule has 0 aromatic carbocycles. The Morgan fingerprint density at radius 2 is 0.410 bits per heavy atom. The number of aliphatic carboxylic acids is 3. The van der Waals surface area contributed by atoms with Crippen LogP contribution in [-0.2, 0) is 14.4 Å². The molecule has 0 bridgehead atoms. The van der Waals surface area contributed by atoms with Crippen LogP contribution in [0.25, 0.3) is 0 Å². The molecule has 0 spiro atoms. The summed E-state index contributed by atoms with van der Waals surface area (Å²) in [7, 11) is 0. The third-order valence-corrected chi connectivity index (χ3v) is 10.9. The molecule has 0 aromatic heterocycles. The molecular formula is C54H99GdO6. The zero-order valence-electron chi connectivity index (χ0n) is 40.5. The quantitative estimate of drug-likeness (QED) is 0.0443. The van der Waals surface area contributed by atoms with Crippen LogP contribution in [0.1, 0.15) is 290 Å². The molecule has 0 aliphatic rings. The number of rotatable bonds is 45. The molecule has 6 nitrogen and oxygen atoms in total. The summed E-state index contributed by atoms with van der Waals surface area (Å²) in [6.07, 6.45) is 62.7. The maximum atomic E-state index is 10.2. The summed E-state index contributed by atoms with van der Waals surface area (Å²) in [5.41, 5.74) is 0. The van der Waals surface area contributed by atoms with Crippen molar-refractivity contribution in [1.29, 1.82) is 0 Å². The SMILES string of the molecule is CCCCCCCCC=CCCCCCCCC(=O)[O-].CCCCCCCCC=CCCCCCCCC(=O)[O-].CCCCCCCCC=CCCCCCCCC(=O)[O-].[Gd+3]. The predicted octanol–water partition coefficient (Wildman–Crippen LogP) is 14.3. The van der Waals surface area contributed by atoms with Gasteiger partial charge in [0, 0.05) is 17.9 Å². The van der Waals surface area contributed by atoms with E-state index < -0.39 is 17.9 Å². The Hall–Kier alpha value is -1.05. The van der Waals surface area contributed by atoms with E-state index in [4.69, 9.17) is 0 Å². The summed E-state index contributed by atoms with van der Waals surface area (Å²) < 4.78 is 0. The van der Waals surface area contributed by atoms with E-state index in [1.807, 2.05) is 0 Å². The maximum absolute atomic E-state index is 10.2. The van der Waals surface area contributed by atoms with Gasteiger partial charge in [0.1, 0.15) is 0 Å². The molecule has 0 heterocycles. The Labute approximate surface area is 411 Å². The summed E-state index contributed by atoms with van der Waals surface area (Å²) in [6.45, 7) is 6.77. The second-order valence-corrected chi connectivity index (χ2v) is 17.1. The van der Waals surface area contributed by atoms with Gasteiger partial charge in [-0.3, -0.25) is 0 Å². The number of allylic oxidation sites excluding steroid dienone is 6. The van der Waals surface area contributed by atoms with Crippen molar-refractivity contribution in [2.75, 3.05) is 0 Å². The minimum absolute atomic E-state index is 0. The molecule has 0 fully saturated rings. The zero-order valence-corrected chi connectivity index (χ0v) is 42.7. The molecule has 61 heavy (non-hydrogen) atoms. The van der Waals surface area contributed by atoms with E-state index in [1.165, 1.54) is 193 Å². The largest absolute Gasteiger partial charge is 3.00 e. The van der Waals surface area contributed by atoms with E-state index >= 15 is 0 Å². The van der Waals surface area contributed by atoms with Crippen molar-refractivity contribution < 1.29 is 69.6 Å². The first-order chi connectivity index (χ1) is 29.3. The second kappa shape index (κ2) is 63.2. The van der Waals surface area contributed by atoms with Crippen molar-refractivity contribution in [1.82, 2.24) is 0 Å². The molecule has 7 heteroatoms. The molecule has 0 unspecified atom stereocenters. The Morgan fingerprint density at radius 3 is 0.574 bits per heavy atom. The van der Waals surface area contributed by atoms with Crippen molar-refractivity contribution >= 4 is 17.9 Å². The third kappa shape index (κ3) is 76.6. The fourth-order valence-corrected chi connectivity index (χ4v) is 7.02. The van der Waals surface area contributed by atoms with Gasteiger partial charge in [-0.05, 0) is 116 Å². The summed E-state index contributed by atoms with van der Waals surface area (Å²) in [5.74, 6) is -2.74. The van der Waals surface area contributed by atoms with Crippen molar-refractivity contribution in [3.8, 4) is 0 Å². The van der Waals surface area contributed by atoms with Crippen LogP contribution in [0.15, 0.2) is 36.5 Å². The van der Waals surface area contributed by atoms with Crippen LogP contribution in [0.5, 0.6) is 0 Å².